The quantitative estimate of drug-likeness (QED) is 0.599. The minimum Gasteiger partial charge on any atom is -0.482 e. The molecule has 0 heterocycles. The number of benzene rings is 2. The number of carboxylic acid groups (broad SMARTS) is 1. The first-order valence-electron chi connectivity index (χ1n) is 8.48. The highest BCUT2D eigenvalue weighted by atomic mass is 35.5. The topological polar surface area (TPSA) is 82.1 Å². The van der Waals surface area contributed by atoms with Crippen molar-refractivity contribution < 1.29 is 28.9 Å². The van der Waals surface area contributed by atoms with Crippen molar-refractivity contribution in [1.29, 1.82) is 0 Å². The molecular weight excluding hydrogens is 407 g/mol. The van der Waals surface area contributed by atoms with Crippen molar-refractivity contribution >= 4 is 35.1 Å². The summed E-state index contributed by atoms with van der Waals surface area (Å²) in [7, 11) is 0. The van der Waals surface area contributed by atoms with Gasteiger partial charge in [-0.25, -0.2) is 9.59 Å². The van der Waals surface area contributed by atoms with Crippen molar-refractivity contribution in [1.82, 2.24) is 0 Å². The zero-order valence-corrected chi connectivity index (χ0v) is 16.9. The average molecular weight is 427 g/mol. The minimum absolute atomic E-state index is 0.235. The lowest BCUT2D eigenvalue weighted by Crippen LogP contribution is -2.19. The van der Waals surface area contributed by atoms with Crippen molar-refractivity contribution in [3.05, 3.63) is 57.6 Å². The van der Waals surface area contributed by atoms with E-state index in [1.807, 2.05) is 0 Å². The number of carbonyl (C=O) groups excluding carboxylic acids is 1. The number of ether oxygens (including phenoxy) is 3. The summed E-state index contributed by atoms with van der Waals surface area (Å²) in [5.74, 6) is -0.730. The van der Waals surface area contributed by atoms with Crippen LogP contribution in [-0.2, 0) is 20.7 Å². The Morgan fingerprint density at radius 3 is 1.89 bits per heavy atom. The maximum Gasteiger partial charge on any atom is 0.344 e. The average Bonchev–Trinajstić information content (AvgIpc) is 2.59. The summed E-state index contributed by atoms with van der Waals surface area (Å²) in [6, 6.07) is 9.89. The third-order valence-corrected chi connectivity index (χ3v) is 3.96. The summed E-state index contributed by atoms with van der Waals surface area (Å²) in [6.07, 6.45) is 0.0751. The molecule has 0 bridgehead atoms. The van der Waals surface area contributed by atoms with E-state index in [0.29, 0.717) is 39.1 Å². The maximum absolute atomic E-state index is 11.7. The molecule has 8 heteroatoms. The molecule has 6 nitrogen and oxygen atoms in total. The molecule has 0 spiro atoms. The lowest BCUT2D eigenvalue weighted by molar-refractivity contribution is -0.149. The van der Waals surface area contributed by atoms with Gasteiger partial charge in [-0.15, -0.1) is 0 Å². The molecule has 0 unspecified atom stereocenters. The Hall–Kier alpha value is -2.44. The van der Waals surface area contributed by atoms with Gasteiger partial charge in [0.1, 0.15) is 11.5 Å². The Kier molecular flexibility index (Phi) is 7.96. The van der Waals surface area contributed by atoms with E-state index in [-0.39, 0.29) is 12.7 Å². The summed E-state index contributed by atoms with van der Waals surface area (Å²) in [4.78, 5) is 22.5. The first-order chi connectivity index (χ1) is 13.2. The molecule has 0 saturated heterocycles. The van der Waals surface area contributed by atoms with E-state index in [4.69, 9.17) is 42.5 Å². The molecule has 28 heavy (non-hydrogen) atoms. The van der Waals surface area contributed by atoms with E-state index in [1.165, 1.54) is 0 Å². The normalized spacial score (nSPS) is 10.6. The fourth-order valence-corrected chi connectivity index (χ4v) is 2.82. The predicted octanol–water partition coefficient (Wildman–Crippen LogP) is 4.38. The zero-order valence-electron chi connectivity index (χ0n) is 15.4. The van der Waals surface area contributed by atoms with Crippen LogP contribution in [0.25, 0.3) is 0 Å². The van der Waals surface area contributed by atoms with Gasteiger partial charge in [0, 0.05) is 27.6 Å². The number of hydrogen-bond donors (Lipinski definition) is 1. The van der Waals surface area contributed by atoms with Gasteiger partial charge in [0.05, 0.1) is 6.10 Å². The number of rotatable bonds is 9. The molecule has 0 saturated carbocycles. The molecule has 1 N–H and O–H groups in total. The molecule has 0 aliphatic rings. The summed E-state index contributed by atoms with van der Waals surface area (Å²) >= 11 is 12.2. The molecule has 0 amide bonds. The molecular formula is C20H20Cl2O6. The van der Waals surface area contributed by atoms with Crippen LogP contribution in [0, 0.1) is 0 Å². The molecule has 0 aliphatic heterocycles. The number of halogens is 2. The van der Waals surface area contributed by atoms with Gasteiger partial charge in [0.2, 0.25) is 0 Å². The molecule has 0 fully saturated rings. The van der Waals surface area contributed by atoms with Crippen LogP contribution >= 0.6 is 23.2 Å². The van der Waals surface area contributed by atoms with Gasteiger partial charge in [0.25, 0.3) is 0 Å². The van der Waals surface area contributed by atoms with Crippen LogP contribution in [0.3, 0.4) is 0 Å². The highest BCUT2D eigenvalue weighted by Crippen LogP contribution is 2.30. The second-order valence-electron chi connectivity index (χ2n) is 6.19. The van der Waals surface area contributed by atoms with Crippen LogP contribution in [0.1, 0.15) is 25.0 Å². The zero-order chi connectivity index (χ0) is 20.7. The lowest BCUT2D eigenvalue weighted by Gasteiger charge is -2.15. The van der Waals surface area contributed by atoms with E-state index in [0.717, 1.165) is 0 Å². The molecule has 0 aromatic heterocycles. The highest BCUT2D eigenvalue weighted by Gasteiger charge is 2.14. The maximum atomic E-state index is 11.7. The van der Waals surface area contributed by atoms with Crippen LogP contribution in [0.15, 0.2) is 36.4 Å². The van der Waals surface area contributed by atoms with Crippen LogP contribution < -0.4 is 9.47 Å². The van der Waals surface area contributed by atoms with Gasteiger partial charge in [-0.2, -0.15) is 0 Å². The van der Waals surface area contributed by atoms with E-state index >= 15 is 0 Å². The van der Waals surface area contributed by atoms with Crippen molar-refractivity contribution in [2.45, 2.75) is 26.4 Å². The molecule has 0 atom stereocenters. The van der Waals surface area contributed by atoms with Gasteiger partial charge in [-0.05, 0) is 50.2 Å². The molecule has 2 aromatic carbocycles. The summed E-state index contributed by atoms with van der Waals surface area (Å²) in [5, 5.41) is 9.81. The largest absolute Gasteiger partial charge is 0.482 e. The third-order valence-electron chi connectivity index (χ3n) is 3.49. The van der Waals surface area contributed by atoms with Gasteiger partial charge >= 0.3 is 11.9 Å². The van der Waals surface area contributed by atoms with E-state index in [9.17, 15) is 9.59 Å². The number of esters is 1. The second kappa shape index (κ2) is 10.2. The van der Waals surface area contributed by atoms with Crippen molar-refractivity contribution in [2.75, 3.05) is 13.2 Å². The first-order valence-corrected chi connectivity index (χ1v) is 9.24. The summed E-state index contributed by atoms with van der Waals surface area (Å²) < 4.78 is 16.0. The number of hydrogen-bond acceptors (Lipinski definition) is 5. The minimum atomic E-state index is -1.09. The Balaban J connectivity index is 2.23. The SMILES string of the molecule is CC(C)OC(=O)COc1ccc(Cl)cc1Cc1cc(Cl)ccc1OCC(=O)O. The Labute approximate surface area is 172 Å². The predicted molar refractivity (Wildman–Crippen MR) is 106 cm³/mol. The van der Waals surface area contributed by atoms with E-state index < -0.39 is 18.5 Å². The highest BCUT2D eigenvalue weighted by molar-refractivity contribution is 6.31. The molecule has 0 radical (unpaired) electrons. The Bertz CT molecular complexity index is 851. The molecule has 2 rings (SSSR count). The smallest absolute Gasteiger partial charge is 0.344 e. The summed E-state index contributed by atoms with van der Waals surface area (Å²) in [6.45, 7) is 2.78. The number of aliphatic carboxylic acids is 1. The fraction of sp³-hybridized carbons (Fsp3) is 0.300. The van der Waals surface area contributed by atoms with Gasteiger partial charge in [-0.3, -0.25) is 0 Å². The molecule has 2 aromatic rings. The standard InChI is InChI=1S/C20H20Cl2O6/c1-12(2)28-20(25)11-27-18-6-4-16(22)9-14(18)7-13-8-15(21)3-5-17(13)26-10-19(23)24/h3-6,8-9,12H,7,10-11H2,1-2H3,(H,23,24). The van der Waals surface area contributed by atoms with Gasteiger partial charge in [-0.1, -0.05) is 23.2 Å². The lowest BCUT2D eigenvalue weighted by atomic mass is 10.0. The van der Waals surface area contributed by atoms with Crippen LogP contribution in [-0.4, -0.2) is 36.4 Å². The molecule has 0 aliphatic carbocycles. The second-order valence-corrected chi connectivity index (χ2v) is 7.06. The Morgan fingerprint density at radius 2 is 1.43 bits per heavy atom. The monoisotopic (exact) mass is 426 g/mol. The van der Waals surface area contributed by atoms with Crippen molar-refractivity contribution in [2.24, 2.45) is 0 Å². The van der Waals surface area contributed by atoms with E-state index in [1.54, 1.807) is 50.2 Å². The van der Waals surface area contributed by atoms with Crippen LogP contribution in [0.5, 0.6) is 11.5 Å². The third kappa shape index (κ3) is 6.94. The summed E-state index contributed by atoms with van der Waals surface area (Å²) in [5.41, 5.74) is 1.35. The van der Waals surface area contributed by atoms with Gasteiger partial charge in [0.15, 0.2) is 13.2 Å². The number of carbonyl (C=O) groups is 2. The Morgan fingerprint density at radius 1 is 0.929 bits per heavy atom. The van der Waals surface area contributed by atoms with Crippen LogP contribution in [0.2, 0.25) is 10.0 Å². The molecule has 150 valence electrons. The van der Waals surface area contributed by atoms with E-state index in [2.05, 4.69) is 0 Å². The first kappa shape index (κ1) is 21.9. The van der Waals surface area contributed by atoms with Crippen LogP contribution in [0.4, 0.5) is 0 Å². The van der Waals surface area contributed by atoms with Crippen molar-refractivity contribution in [3.8, 4) is 11.5 Å². The fourth-order valence-electron chi connectivity index (χ4n) is 2.43. The number of carboxylic acids is 1. The van der Waals surface area contributed by atoms with Gasteiger partial charge < -0.3 is 19.3 Å². The van der Waals surface area contributed by atoms with Crippen molar-refractivity contribution in [3.63, 3.8) is 0 Å².